The van der Waals surface area contributed by atoms with Gasteiger partial charge in [-0.2, -0.15) is 0 Å². The lowest BCUT2D eigenvalue weighted by Gasteiger charge is -2.01. The first-order chi connectivity index (χ1) is 6.49. The Bertz CT molecular complexity index is 411. The first kappa shape index (κ1) is 11.5. The zero-order valence-electron chi connectivity index (χ0n) is 8.20. The van der Waals surface area contributed by atoms with E-state index in [1.165, 1.54) is 6.20 Å². The minimum Gasteiger partial charge on any atom is -0.334 e. The molecule has 0 saturated heterocycles. The zero-order valence-corrected chi connectivity index (χ0v) is 9.77. The predicted octanol–water partition coefficient (Wildman–Crippen LogP) is 1.78. The van der Waals surface area contributed by atoms with Crippen molar-refractivity contribution in [3.05, 3.63) is 12.0 Å². The molecule has 1 aromatic rings. The second-order valence-electron chi connectivity index (χ2n) is 2.98. The van der Waals surface area contributed by atoms with E-state index in [1.54, 1.807) is 0 Å². The average Bonchev–Trinajstić information content (AvgIpc) is 2.47. The minimum absolute atomic E-state index is 0.0514. The molecular formula is C8H13ClN2O2S. The number of aryl methyl sites for hydroxylation is 2. The van der Waals surface area contributed by atoms with Crippen molar-refractivity contribution in [1.82, 2.24) is 9.55 Å². The molecule has 0 aromatic carbocycles. The van der Waals surface area contributed by atoms with E-state index in [0.717, 1.165) is 18.8 Å². The van der Waals surface area contributed by atoms with Gasteiger partial charge in [-0.15, -0.1) is 0 Å². The molecule has 0 atom stereocenters. The van der Waals surface area contributed by atoms with E-state index < -0.39 is 9.05 Å². The van der Waals surface area contributed by atoms with Gasteiger partial charge in [0.25, 0.3) is 9.05 Å². The number of aromatic nitrogens is 2. The molecule has 0 unspecified atom stereocenters. The molecule has 1 heterocycles. The monoisotopic (exact) mass is 236 g/mol. The summed E-state index contributed by atoms with van der Waals surface area (Å²) in [6.07, 6.45) is 3.13. The lowest BCUT2D eigenvalue weighted by atomic mass is 10.4. The van der Waals surface area contributed by atoms with Gasteiger partial charge in [-0.1, -0.05) is 13.8 Å². The molecule has 0 amide bonds. The fraction of sp³-hybridized carbons (Fsp3) is 0.625. The van der Waals surface area contributed by atoms with E-state index in [1.807, 2.05) is 18.4 Å². The molecule has 1 rings (SSSR count). The summed E-state index contributed by atoms with van der Waals surface area (Å²) in [5.74, 6) is 0.756. The van der Waals surface area contributed by atoms with Crippen LogP contribution in [0.3, 0.4) is 0 Å². The Hall–Kier alpha value is -0.550. The van der Waals surface area contributed by atoms with Gasteiger partial charge < -0.3 is 4.57 Å². The van der Waals surface area contributed by atoms with E-state index in [-0.39, 0.29) is 5.03 Å². The molecule has 80 valence electrons. The second kappa shape index (κ2) is 4.31. The Morgan fingerprint density at radius 2 is 2.14 bits per heavy atom. The Morgan fingerprint density at radius 3 is 2.57 bits per heavy atom. The van der Waals surface area contributed by atoms with Crippen molar-refractivity contribution in [2.24, 2.45) is 0 Å². The van der Waals surface area contributed by atoms with Crippen LogP contribution in [0.4, 0.5) is 0 Å². The number of hydrogen-bond donors (Lipinski definition) is 0. The Labute approximate surface area is 88.3 Å². The van der Waals surface area contributed by atoms with Crippen molar-refractivity contribution in [3.63, 3.8) is 0 Å². The Morgan fingerprint density at radius 1 is 1.50 bits per heavy atom. The molecule has 0 aliphatic rings. The van der Waals surface area contributed by atoms with E-state index in [9.17, 15) is 8.42 Å². The highest BCUT2D eigenvalue weighted by Crippen LogP contribution is 2.15. The zero-order chi connectivity index (χ0) is 10.8. The molecule has 14 heavy (non-hydrogen) atoms. The molecule has 0 aliphatic carbocycles. The van der Waals surface area contributed by atoms with Gasteiger partial charge in [-0.25, -0.2) is 13.4 Å². The quantitative estimate of drug-likeness (QED) is 0.749. The van der Waals surface area contributed by atoms with Crippen molar-refractivity contribution >= 4 is 19.7 Å². The summed E-state index contributed by atoms with van der Waals surface area (Å²) in [4.78, 5) is 3.96. The van der Waals surface area contributed by atoms with Gasteiger partial charge in [0.05, 0.1) is 0 Å². The molecular weight excluding hydrogens is 224 g/mol. The van der Waals surface area contributed by atoms with Gasteiger partial charge in [0, 0.05) is 29.8 Å². The van der Waals surface area contributed by atoms with Crippen LogP contribution in [-0.4, -0.2) is 18.0 Å². The highest BCUT2D eigenvalue weighted by molar-refractivity contribution is 8.13. The third kappa shape index (κ3) is 2.48. The van der Waals surface area contributed by atoms with Crippen molar-refractivity contribution in [2.75, 3.05) is 0 Å². The Kier molecular flexibility index (Phi) is 3.55. The maximum atomic E-state index is 11.0. The topological polar surface area (TPSA) is 52.0 Å². The number of nitrogens with zero attached hydrogens (tertiary/aromatic N) is 2. The fourth-order valence-electron chi connectivity index (χ4n) is 1.26. The van der Waals surface area contributed by atoms with Gasteiger partial charge in [0.15, 0.2) is 5.03 Å². The molecule has 0 radical (unpaired) electrons. The highest BCUT2D eigenvalue weighted by atomic mass is 35.7. The molecule has 0 fully saturated rings. The summed E-state index contributed by atoms with van der Waals surface area (Å²) >= 11 is 0. The van der Waals surface area contributed by atoms with Crippen LogP contribution >= 0.6 is 10.7 Å². The molecule has 0 N–H and O–H groups in total. The fourth-order valence-corrected chi connectivity index (χ4v) is 1.95. The number of imidazole rings is 1. The minimum atomic E-state index is -3.69. The molecule has 0 spiro atoms. The van der Waals surface area contributed by atoms with Crippen LogP contribution < -0.4 is 0 Å². The first-order valence-corrected chi connectivity index (χ1v) is 6.80. The SMILES string of the molecule is CCCn1cc(S(=O)(=O)Cl)nc1CC. The van der Waals surface area contributed by atoms with Crippen LogP contribution in [0.5, 0.6) is 0 Å². The molecule has 4 nitrogen and oxygen atoms in total. The van der Waals surface area contributed by atoms with E-state index in [0.29, 0.717) is 6.42 Å². The van der Waals surface area contributed by atoms with E-state index >= 15 is 0 Å². The lowest BCUT2D eigenvalue weighted by Crippen LogP contribution is -2.00. The second-order valence-corrected chi connectivity index (χ2v) is 5.49. The van der Waals surface area contributed by atoms with Gasteiger partial charge in [-0.3, -0.25) is 0 Å². The number of hydrogen-bond acceptors (Lipinski definition) is 3. The van der Waals surface area contributed by atoms with Crippen LogP contribution in [0.15, 0.2) is 11.2 Å². The summed E-state index contributed by atoms with van der Waals surface area (Å²) in [6.45, 7) is 4.72. The largest absolute Gasteiger partial charge is 0.334 e. The maximum absolute atomic E-state index is 11.0. The van der Waals surface area contributed by atoms with Crippen LogP contribution in [0.1, 0.15) is 26.1 Å². The van der Waals surface area contributed by atoms with Gasteiger partial charge in [-0.05, 0) is 6.42 Å². The predicted molar refractivity (Wildman–Crippen MR) is 54.9 cm³/mol. The van der Waals surface area contributed by atoms with Crippen LogP contribution in [-0.2, 0) is 22.0 Å². The van der Waals surface area contributed by atoms with Gasteiger partial charge >= 0.3 is 0 Å². The highest BCUT2D eigenvalue weighted by Gasteiger charge is 2.16. The number of halogens is 1. The lowest BCUT2D eigenvalue weighted by molar-refractivity contribution is 0.606. The molecule has 1 aromatic heterocycles. The maximum Gasteiger partial charge on any atom is 0.280 e. The van der Waals surface area contributed by atoms with Crippen molar-refractivity contribution in [1.29, 1.82) is 0 Å². The van der Waals surface area contributed by atoms with Crippen molar-refractivity contribution < 1.29 is 8.42 Å². The van der Waals surface area contributed by atoms with Crippen LogP contribution in [0.25, 0.3) is 0 Å². The smallest absolute Gasteiger partial charge is 0.280 e. The summed E-state index contributed by atoms with van der Waals surface area (Å²) in [5.41, 5.74) is 0. The molecule has 0 bridgehead atoms. The summed E-state index contributed by atoms with van der Waals surface area (Å²) in [5, 5.41) is -0.0514. The molecule has 6 heteroatoms. The van der Waals surface area contributed by atoms with E-state index in [2.05, 4.69) is 4.98 Å². The van der Waals surface area contributed by atoms with Gasteiger partial charge in [0.1, 0.15) is 5.82 Å². The first-order valence-electron chi connectivity index (χ1n) is 4.49. The van der Waals surface area contributed by atoms with Crippen LogP contribution in [0.2, 0.25) is 0 Å². The molecule has 0 saturated carbocycles. The third-order valence-corrected chi connectivity index (χ3v) is 3.04. The van der Waals surface area contributed by atoms with Crippen LogP contribution in [0, 0.1) is 0 Å². The van der Waals surface area contributed by atoms with Crippen molar-refractivity contribution in [3.8, 4) is 0 Å². The summed E-state index contributed by atoms with van der Waals surface area (Å²) in [7, 11) is 1.50. The third-order valence-electron chi connectivity index (χ3n) is 1.87. The number of rotatable bonds is 4. The standard InChI is InChI=1S/C8H13ClN2O2S/c1-3-5-11-6-8(14(9,12)13)10-7(11)4-2/h6H,3-5H2,1-2H3. The average molecular weight is 237 g/mol. The van der Waals surface area contributed by atoms with Crippen molar-refractivity contribution in [2.45, 2.75) is 38.3 Å². The summed E-state index contributed by atoms with van der Waals surface area (Å²) < 4.78 is 23.8. The summed E-state index contributed by atoms with van der Waals surface area (Å²) in [6, 6.07) is 0. The van der Waals surface area contributed by atoms with E-state index in [4.69, 9.17) is 10.7 Å². The Balaban J connectivity index is 3.13. The normalized spacial score (nSPS) is 11.9. The van der Waals surface area contributed by atoms with Gasteiger partial charge in [0.2, 0.25) is 0 Å². The molecule has 0 aliphatic heterocycles.